The van der Waals surface area contributed by atoms with Gasteiger partial charge in [-0.1, -0.05) is 17.8 Å². The van der Waals surface area contributed by atoms with Crippen molar-refractivity contribution in [2.24, 2.45) is 4.99 Å². The largest absolute Gasteiger partial charge is 0.497 e. The molecule has 0 bridgehead atoms. The van der Waals surface area contributed by atoms with Crippen LogP contribution in [0.5, 0.6) is 5.75 Å². The highest BCUT2D eigenvalue weighted by Gasteiger charge is 2.26. The van der Waals surface area contributed by atoms with E-state index in [1.165, 1.54) is 41.5 Å². The summed E-state index contributed by atoms with van der Waals surface area (Å²) in [4.78, 5) is 43.7. The molecule has 2 aromatic heterocycles. The molecular weight excluding hydrogens is 518 g/mol. The number of nitrogens with one attached hydrogen (secondary N) is 1. The molecule has 0 saturated heterocycles. The van der Waals surface area contributed by atoms with Gasteiger partial charge < -0.3 is 19.4 Å². The molecule has 1 aromatic carbocycles. The molecule has 1 aliphatic rings. The third kappa shape index (κ3) is 5.84. The molecule has 1 aliphatic carbocycles. The first-order valence-electron chi connectivity index (χ1n) is 11.8. The predicted octanol–water partition coefficient (Wildman–Crippen LogP) is 4.65. The maximum atomic E-state index is 12.6. The number of aromatic nitrogens is 1. The number of esters is 1. The van der Waals surface area contributed by atoms with E-state index in [0.29, 0.717) is 21.9 Å². The highest BCUT2D eigenvalue weighted by atomic mass is 32.2. The fraction of sp³-hybridized carbons (Fsp3) is 0.440. The number of nitrogens with zero attached hydrogens (tertiary/aromatic N) is 2. The van der Waals surface area contributed by atoms with Crippen LogP contribution in [0.2, 0.25) is 0 Å². The fourth-order valence-electron chi connectivity index (χ4n) is 4.25. The van der Waals surface area contributed by atoms with Crippen molar-refractivity contribution < 1.29 is 23.9 Å². The number of thioether (sulfide) groups is 1. The number of rotatable bonds is 8. The lowest BCUT2D eigenvalue weighted by molar-refractivity contribution is -0.115. The predicted molar refractivity (Wildman–Crippen MR) is 145 cm³/mol. The number of amides is 2. The minimum Gasteiger partial charge on any atom is -0.497 e. The van der Waals surface area contributed by atoms with Crippen LogP contribution < -0.4 is 14.9 Å². The highest BCUT2D eigenvalue weighted by molar-refractivity contribution is 8.00. The van der Waals surface area contributed by atoms with E-state index in [1.54, 1.807) is 7.11 Å². The molecule has 0 atom stereocenters. The van der Waals surface area contributed by atoms with E-state index in [1.807, 2.05) is 29.7 Å². The number of fused-ring (bicyclic) bond motifs is 2. The molecule has 2 amide bonds. The first kappa shape index (κ1) is 26.4. The van der Waals surface area contributed by atoms with Gasteiger partial charge in [0.2, 0.25) is 5.91 Å². The zero-order valence-electron chi connectivity index (χ0n) is 20.5. The molecule has 1 N–H and O–H groups in total. The average Bonchev–Trinajstić information content (AvgIpc) is 3.29. The first-order chi connectivity index (χ1) is 17.4. The summed E-state index contributed by atoms with van der Waals surface area (Å²) in [6.07, 6.45) is 4.96. The van der Waals surface area contributed by atoms with Crippen LogP contribution in [0.25, 0.3) is 10.2 Å². The monoisotopic (exact) mass is 547 g/mol. The van der Waals surface area contributed by atoms with Crippen molar-refractivity contribution in [3.8, 4) is 5.75 Å². The van der Waals surface area contributed by atoms with Crippen LogP contribution >= 0.6 is 34.4 Å². The Morgan fingerprint density at radius 2 is 1.92 bits per heavy atom. The van der Waals surface area contributed by atoms with Crippen molar-refractivity contribution in [1.82, 2.24) is 4.57 Å². The van der Waals surface area contributed by atoms with Crippen LogP contribution in [0, 0.1) is 0 Å². The molecular formula is C25H29N3O5S3. The van der Waals surface area contributed by atoms with Gasteiger partial charge in [-0.2, -0.15) is 4.99 Å². The molecule has 0 unspecified atom stereocenters. The van der Waals surface area contributed by atoms with Crippen LogP contribution in [0.3, 0.4) is 0 Å². The quantitative estimate of drug-likeness (QED) is 0.326. The summed E-state index contributed by atoms with van der Waals surface area (Å²) in [5, 5.41) is 3.42. The van der Waals surface area contributed by atoms with Gasteiger partial charge in [-0.3, -0.25) is 9.59 Å². The van der Waals surface area contributed by atoms with Gasteiger partial charge in [0.05, 0.1) is 41.5 Å². The Bertz CT molecular complexity index is 1350. The third-order valence-corrected chi connectivity index (χ3v) is 9.11. The number of thiazole rings is 1. The van der Waals surface area contributed by atoms with E-state index in [4.69, 9.17) is 9.47 Å². The smallest absolute Gasteiger partial charge is 0.341 e. The van der Waals surface area contributed by atoms with E-state index in [2.05, 4.69) is 10.3 Å². The van der Waals surface area contributed by atoms with Crippen LogP contribution in [0.15, 0.2) is 23.2 Å². The molecule has 3 aromatic rings. The number of ether oxygens (including phenoxy) is 2. The Labute approximate surface area is 221 Å². The van der Waals surface area contributed by atoms with Crippen LogP contribution in [0.1, 0.15) is 47.0 Å². The van der Waals surface area contributed by atoms with Gasteiger partial charge in [0, 0.05) is 11.4 Å². The molecule has 192 valence electrons. The Morgan fingerprint density at radius 3 is 2.67 bits per heavy atom. The second-order valence-electron chi connectivity index (χ2n) is 8.27. The van der Waals surface area contributed by atoms with Crippen molar-refractivity contribution in [2.75, 3.05) is 31.0 Å². The molecule has 11 heteroatoms. The molecule has 2 heterocycles. The SMILES string of the molecule is CCn1c(=NC(=O)CSCC(=O)Nc2sc3c(c2C(=O)OC)CCCCC3)sc2cc(OC)ccc21. The lowest BCUT2D eigenvalue weighted by Gasteiger charge is -2.07. The zero-order chi connectivity index (χ0) is 25.7. The summed E-state index contributed by atoms with van der Waals surface area (Å²) in [6.45, 7) is 2.69. The Balaban J connectivity index is 1.40. The summed E-state index contributed by atoms with van der Waals surface area (Å²) >= 11 is 4.09. The van der Waals surface area contributed by atoms with Crippen LogP contribution in [0.4, 0.5) is 5.00 Å². The summed E-state index contributed by atoms with van der Waals surface area (Å²) < 4.78 is 13.3. The fourth-order valence-corrected chi connectivity index (χ4v) is 7.28. The van der Waals surface area contributed by atoms with Gasteiger partial charge >= 0.3 is 5.97 Å². The molecule has 0 fully saturated rings. The number of anilines is 1. The number of carbonyl (C=O) groups excluding carboxylic acids is 3. The van der Waals surface area contributed by atoms with Crippen molar-refractivity contribution in [3.63, 3.8) is 0 Å². The summed E-state index contributed by atoms with van der Waals surface area (Å²) in [6, 6.07) is 5.78. The number of hydrogen-bond acceptors (Lipinski definition) is 8. The molecule has 0 saturated carbocycles. The van der Waals surface area contributed by atoms with E-state index in [9.17, 15) is 14.4 Å². The zero-order valence-corrected chi connectivity index (χ0v) is 23.0. The molecule has 8 nitrogen and oxygen atoms in total. The average molecular weight is 548 g/mol. The van der Waals surface area contributed by atoms with Gasteiger partial charge in [0.15, 0.2) is 4.80 Å². The number of benzene rings is 1. The third-order valence-electron chi connectivity index (χ3n) is 5.95. The maximum absolute atomic E-state index is 12.6. The van der Waals surface area contributed by atoms with Crippen molar-refractivity contribution in [3.05, 3.63) is 39.0 Å². The number of hydrogen-bond donors (Lipinski definition) is 1. The number of carbonyl (C=O) groups is 3. The van der Waals surface area contributed by atoms with Gasteiger partial charge in [-0.15, -0.1) is 23.1 Å². The number of thiophene rings is 1. The first-order valence-corrected chi connectivity index (χ1v) is 14.6. The summed E-state index contributed by atoms with van der Waals surface area (Å²) in [5.74, 6) is -0.0551. The van der Waals surface area contributed by atoms with E-state index >= 15 is 0 Å². The Hall–Kier alpha value is -2.63. The number of aryl methyl sites for hydroxylation is 2. The van der Waals surface area contributed by atoms with Crippen LogP contribution in [-0.4, -0.2) is 48.1 Å². The normalized spacial score (nSPS) is 13.8. The second kappa shape index (κ2) is 12.1. The molecule has 0 radical (unpaired) electrons. The van der Waals surface area contributed by atoms with Gasteiger partial charge in [-0.25, -0.2) is 4.79 Å². The molecule has 0 spiro atoms. The lowest BCUT2D eigenvalue weighted by atomic mass is 10.1. The Morgan fingerprint density at radius 1 is 1.11 bits per heavy atom. The van der Waals surface area contributed by atoms with Crippen molar-refractivity contribution in [1.29, 1.82) is 0 Å². The molecule has 36 heavy (non-hydrogen) atoms. The maximum Gasteiger partial charge on any atom is 0.341 e. The van der Waals surface area contributed by atoms with Gasteiger partial charge in [-0.05, 0) is 56.4 Å². The van der Waals surface area contributed by atoms with Crippen molar-refractivity contribution in [2.45, 2.75) is 45.6 Å². The number of methoxy groups -OCH3 is 2. The Kier molecular flexibility index (Phi) is 8.86. The van der Waals surface area contributed by atoms with E-state index in [-0.39, 0.29) is 23.3 Å². The summed E-state index contributed by atoms with van der Waals surface area (Å²) in [5.41, 5.74) is 2.48. The van der Waals surface area contributed by atoms with E-state index in [0.717, 1.165) is 58.5 Å². The topological polar surface area (TPSA) is 99.0 Å². The van der Waals surface area contributed by atoms with Crippen molar-refractivity contribution >= 4 is 67.4 Å². The van der Waals surface area contributed by atoms with Gasteiger partial charge in [0.1, 0.15) is 10.8 Å². The molecule has 4 rings (SSSR count). The minimum absolute atomic E-state index is 0.0828. The molecule has 0 aliphatic heterocycles. The second-order valence-corrected chi connectivity index (χ2v) is 11.4. The van der Waals surface area contributed by atoms with Gasteiger partial charge in [0.25, 0.3) is 5.91 Å². The summed E-state index contributed by atoms with van der Waals surface area (Å²) in [7, 11) is 2.98. The standard InChI is InChI=1S/C25H29N3O5S3/c1-4-28-17-11-10-15(32-2)12-19(17)36-25(28)27-21(30)14-34-13-20(29)26-23-22(24(31)33-3)16-8-6-5-7-9-18(16)35-23/h10-12H,4-9,13-14H2,1-3H3,(H,26,29). The highest BCUT2D eigenvalue weighted by Crippen LogP contribution is 2.38. The van der Waals surface area contributed by atoms with E-state index < -0.39 is 5.97 Å². The minimum atomic E-state index is -0.420. The lowest BCUT2D eigenvalue weighted by Crippen LogP contribution is -2.18. The van der Waals surface area contributed by atoms with Crippen LogP contribution in [-0.2, 0) is 33.7 Å².